The van der Waals surface area contributed by atoms with E-state index in [4.69, 9.17) is 49.3 Å². The van der Waals surface area contributed by atoms with Crippen molar-refractivity contribution in [3.05, 3.63) is 60.2 Å². The van der Waals surface area contributed by atoms with Crippen LogP contribution in [0.1, 0.15) is 36.6 Å². The molecule has 0 radical (unpaired) electrons. The molecule has 208 valence electrons. The minimum atomic E-state index is -1.82. The molecule has 0 bridgehead atoms. The minimum Gasteiger partial charge on any atom is -0.473 e. The molecule has 1 aromatic carbocycles. The van der Waals surface area contributed by atoms with Crippen LogP contribution in [0.3, 0.4) is 0 Å². The average Bonchev–Trinajstić information content (AvgIpc) is 3.69. The summed E-state index contributed by atoms with van der Waals surface area (Å²) in [5.74, 6) is -6.25. The van der Waals surface area contributed by atoms with Crippen molar-refractivity contribution >= 4 is 34.8 Å². The SMILES string of the molecule is N#CCCn1cc(CNCC(c2ccco2)N2CCCC2)c2ccccc21.O=C(O)C(=O)O.O=C(O)C(=O)O. The Labute approximate surface area is 223 Å². The molecule has 4 rings (SSSR count). The summed E-state index contributed by atoms with van der Waals surface area (Å²) < 4.78 is 7.91. The van der Waals surface area contributed by atoms with Gasteiger partial charge in [-0.3, -0.25) is 4.90 Å². The number of nitriles is 1. The van der Waals surface area contributed by atoms with Crippen molar-refractivity contribution in [2.24, 2.45) is 0 Å². The lowest BCUT2D eigenvalue weighted by Gasteiger charge is -2.26. The topological polar surface area (TPSA) is 206 Å². The molecule has 1 unspecified atom stereocenters. The number of aromatic nitrogens is 1. The molecule has 1 aliphatic rings. The molecule has 0 spiro atoms. The third kappa shape index (κ3) is 9.62. The first-order chi connectivity index (χ1) is 18.6. The van der Waals surface area contributed by atoms with E-state index < -0.39 is 23.9 Å². The number of aryl methyl sites for hydroxylation is 1. The van der Waals surface area contributed by atoms with Gasteiger partial charge in [0.05, 0.1) is 24.8 Å². The highest BCUT2D eigenvalue weighted by molar-refractivity contribution is 6.27. The van der Waals surface area contributed by atoms with Gasteiger partial charge in [0.2, 0.25) is 0 Å². The fourth-order valence-electron chi connectivity index (χ4n) is 4.11. The van der Waals surface area contributed by atoms with Gasteiger partial charge in [-0.05, 0) is 49.7 Å². The molecular formula is C26H30N4O9. The summed E-state index contributed by atoms with van der Waals surface area (Å²) in [6, 6.07) is 15.0. The number of fused-ring (bicyclic) bond motifs is 1. The van der Waals surface area contributed by atoms with Crippen LogP contribution in [0.4, 0.5) is 0 Å². The monoisotopic (exact) mass is 542 g/mol. The maximum atomic E-state index is 9.10. The fourth-order valence-corrected chi connectivity index (χ4v) is 4.11. The number of aliphatic carboxylic acids is 4. The molecule has 5 N–H and O–H groups in total. The van der Waals surface area contributed by atoms with Crippen molar-refractivity contribution in [2.45, 2.75) is 38.4 Å². The first-order valence-electron chi connectivity index (χ1n) is 12.0. The van der Waals surface area contributed by atoms with Crippen molar-refractivity contribution in [1.29, 1.82) is 5.26 Å². The molecular weight excluding hydrogens is 512 g/mol. The highest BCUT2D eigenvalue weighted by Gasteiger charge is 2.25. The molecule has 13 nitrogen and oxygen atoms in total. The van der Waals surface area contributed by atoms with E-state index in [0.717, 1.165) is 38.5 Å². The van der Waals surface area contributed by atoms with Gasteiger partial charge in [0.15, 0.2) is 0 Å². The van der Waals surface area contributed by atoms with E-state index in [9.17, 15) is 0 Å². The quantitative estimate of drug-likeness (QED) is 0.260. The summed E-state index contributed by atoms with van der Waals surface area (Å²) >= 11 is 0. The maximum absolute atomic E-state index is 9.10. The van der Waals surface area contributed by atoms with E-state index in [0.29, 0.717) is 6.42 Å². The number of hydrogen-bond donors (Lipinski definition) is 5. The van der Waals surface area contributed by atoms with Gasteiger partial charge >= 0.3 is 23.9 Å². The van der Waals surface area contributed by atoms with Crippen LogP contribution in [-0.2, 0) is 32.3 Å². The molecule has 1 aliphatic heterocycles. The zero-order chi connectivity index (χ0) is 28.8. The van der Waals surface area contributed by atoms with Gasteiger partial charge in [-0.2, -0.15) is 5.26 Å². The molecule has 3 aromatic rings. The zero-order valence-corrected chi connectivity index (χ0v) is 21.0. The number of rotatable bonds is 8. The third-order valence-corrected chi connectivity index (χ3v) is 5.81. The Hall–Kier alpha value is -4.67. The number of benzene rings is 1. The molecule has 1 atom stereocenters. The number of likely N-dealkylation sites (tertiary alicyclic amines) is 1. The number of carboxylic acid groups (broad SMARTS) is 4. The summed E-state index contributed by atoms with van der Waals surface area (Å²) in [7, 11) is 0. The fraction of sp³-hybridized carbons (Fsp3) is 0.346. The molecule has 3 heterocycles. The smallest absolute Gasteiger partial charge is 0.414 e. The Morgan fingerprint density at radius 3 is 2.10 bits per heavy atom. The van der Waals surface area contributed by atoms with Crippen molar-refractivity contribution in [3.8, 4) is 6.07 Å². The van der Waals surface area contributed by atoms with E-state index in [-0.39, 0.29) is 6.04 Å². The van der Waals surface area contributed by atoms with Gasteiger partial charge in [-0.1, -0.05) is 18.2 Å². The molecule has 0 aliphatic carbocycles. The Kier molecular flexibility index (Phi) is 12.2. The van der Waals surface area contributed by atoms with Gasteiger partial charge in [0.1, 0.15) is 5.76 Å². The van der Waals surface area contributed by atoms with Crippen LogP contribution in [0.2, 0.25) is 0 Å². The summed E-state index contributed by atoms with van der Waals surface area (Å²) in [4.78, 5) is 38.9. The van der Waals surface area contributed by atoms with Gasteiger partial charge in [-0.25, -0.2) is 19.2 Å². The van der Waals surface area contributed by atoms with Crippen molar-refractivity contribution in [3.63, 3.8) is 0 Å². The van der Waals surface area contributed by atoms with E-state index in [2.05, 4.69) is 57.4 Å². The Bertz CT molecular complexity index is 1240. The van der Waals surface area contributed by atoms with Crippen LogP contribution in [0.25, 0.3) is 10.9 Å². The number of para-hydroxylation sites is 1. The Balaban J connectivity index is 0.000000374. The molecule has 2 aromatic heterocycles. The number of nitrogens with zero attached hydrogens (tertiary/aromatic N) is 3. The molecule has 1 fully saturated rings. The van der Waals surface area contributed by atoms with Gasteiger partial charge in [0.25, 0.3) is 0 Å². The number of carbonyl (C=O) groups is 4. The van der Waals surface area contributed by atoms with Crippen LogP contribution in [0.15, 0.2) is 53.3 Å². The lowest BCUT2D eigenvalue weighted by Crippen LogP contribution is -2.33. The van der Waals surface area contributed by atoms with E-state index in [1.807, 2.05) is 6.07 Å². The first-order valence-corrected chi connectivity index (χ1v) is 12.0. The Morgan fingerprint density at radius 1 is 0.949 bits per heavy atom. The maximum Gasteiger partial charge on any atom is 0.414 e. The molecule has 39 heavy (non-hydrogen) atoms. The van der Waals surface area contributed by atoms with Gasteiger partial charge < -0.3 is 34.7 Å². The van der Waals surface area contributed by atoms with Crippen molar-refractivity contribution in [2.75, 3.05) is 19.6 Å². The van der Waals surface area contributed by atoms with E-state index in [1.54, 1.807) is 6.26 Å². The molecule has 0 amide bonds. The lowest BCUT2D eigenvalue weighted by molar-refractivity contribution is -0.159. The van der Waals surface area contributed by atoms with Crippen molar-refractivity contribution in [1.82, 2.24) is 14.8 Å². The number of hydrogen-bond acceptors (Lipinski definition) is 8. The van der Waals surface area contributed by atoms with Crippen LogP contribution >= 0.6 is 0 Å². The number of nitrogens with one attached hydrogen (secondary N) is 1. The Morgan fingerprint density at radius 2 is 1.56 bits per heavy atom. The largest absolute Gasteiger partial charge is 0.473 e. The van der Waals surface area contributed by atoms with Crippen molar-refractivity contribution < 1.29 is 44.0 Å². The van der Waals surface area contributed by atoms with Gasteiger partial charge in [-0.15, -0.1) is 0 Å². The predicted octanol–water partition coefficient (Wildman–Crippen LogP) is 2.39. The number of carboxylic acids is 4. The highest BCUT2D eigenvalue weighted by atomic mass is 16.4. The van der Waals surface area contributed by atoms with Crippen LogP contribution in [-0.4, -0.2) is 73.4 Å². The normalized spacial score (nSPS) is 13.3. The van der Waals surface area contributed by atoms with E-state index in [1.165, 1.54) is 29.3 Å². The second-order valence-electron chi connectivity index (χ2n) is 8.40. The summed E-state index contributed by atoms with van der Waals surface area (Å²) in [5, 5.41) is 43.4. The molecule has 1 saturated heterocycles. The van der Waals surface area contributed by atoms with Gasteiger partial charge in [0, 0.05) is 36.7 Å². The third-order valence-electron chi connectivity index (χ3n) is 5.81. The first kappa shape index (κ1) is 30.6. The summed E-state index contributed by atoms with van der Waals surface area (Å²) in [5.41, 5.74) is 2.48. The summed E-state index contributed by atoms with van der Waals surface area (Å²) in [6.45, 7) is 4.69. The average molecular weight is 543 g/mol. The molecule has 0 saturated carbocycles. The van der Waals surface area contributed by atoms with Crippen LogP contribution in [0.5, 0.6) is 0 Å². The highest BCUT2D eigenvalue weighted by Crippen LogP contribution is 2.26. The second kappa shape index (κ2) is 15.6. The van der Waals surface area contributed by atoms with Crippen LogP contribution in [0, 0.1) is 11.3 Å². The lowest BCUT2D eigenvalue weighted by atomic mass is 10.1. The zero-order valence-electron chi connectivity index (χ0n) is 21.0. The van der Waals surface area contributed by atoms with E-state index >= 15 is 0 Å². The standard InChI is InChI=1S/C22H26N4O.2C2H2O4/c23-10-6-13-26-17-18(19-7-1-2-8-20(19)26)15-24-16-21(22-9-5-14-27-22)25-11-3-4-12-25;2*3-1(4)2(5)6/h1-2,5,7-9,14,17,21,24H,3-4,6,11-13,15-16H2;2*(H,3,4)(H,5,6). The predicted molar refractivity (Wildman–Crippen MR) is 137 cm³/mol. The number of furan rings is 1. The minimum absolute atomic E-state index is 0.287. The summed E-state index contributed by atoms with van der Waals surface area (Å²) in [6.07, 6.45) is 7.02. The van der Waals surface area contributed by atoms with Crippen LogP contribution < -0.4 is 5.32 Å². The second-order valence-corrected chi connectivity index (χ2v) is 8.40. The molecule has 13 heteroatoms.